The lowest BCUT2D eigenvalue weighted by Crippen LogP contribution is -2.69. The quantitative estimate of drug-likeness (QED) is 0.206. The Bertz CT molecular complexity index is 565. The normalized spacial score (nSPS) is 26.8. The van der Waals surface area contributed by atoms with Crippen LogP contribution in [0.25, 0.3) is 0 Å². The summed E-state index contributed by atoms with van der Waals surface area (Å²) in [4.78, 5) is 26.1. The highest BCUT2D eigenvalue weighted by molar-refractivity contribution is 7.80. The molecule has 5 N–H and O–H groups in total. The van der Waals surface area contributed by atoms with Crippen LogP contribution in [0.2, 0.25) is 0 Å². The molecule has 1 aliphatic heterocycles. The van der Waals surface area contributed by atoms with E-state index in [2.05, 4.69) is 31.8 Å². The molecule has 176 valence electrons. The van der Waals surface area contributed by atoms with Crippen molar-refractivity contribution in [1.29, 1.82) is 0 Å². The number of nitrogens with two attached hydrogens (primary N) is 2. The Morgan fingerprint density at radius 1 is 1.27 bits per heavy atom. The number of esters is 1. The molecule has 30 heavy (non-hydrogen) atoms. The molecule has 8 heteroatoms. The van der Waals surface area contributed by atoms with Crippen LogP contribution in [0.1, 0.15) is 53.9 Å². The Labute approximate surface area is 188 Å². The van der Waals surface area contributed by atoms with E-state index < -0.39 is 6.04 Å². The van der Waals surface area contributed by atoms with Gasteiger partial charge in [-0.15, -0.1) is 0 Å². The lowest BCUT2D eigenvalue weighted by molar-refractivity contribution is -0.867. The zero-order chi connectivity index (χ0) is 23.1. The number of likely N-dealkylation sites (N-methyl/N-ethyl adjacent to an activating group) is 1. The molecule has 0 spiro atoms. The largest absolute Gasteiger partial charge is 0.465 e. The van der Waals surface area contributed by atoms with Crippen LogP contribution in [-0.2, 0) is 14.3 Å². The van der Waals surface area contributed by atoms with E-state index in [-0.39, 0.29) is 46.3 Å². The van der Waals surface area contributed by atoms with Crippen LogP contribution in [-0.4, -0.2) is 73.0 Å². The summed E-state index contributed by atoms with van der Waals surface area (Å²) in [5.41, 5.74) is 12.5. The summed E-state index contributed by atoms with van der Waals surface area (Å²) in [5, 5.41) is 3.58. The van der Waals surface area contributed by atoms with Gasteiger partial charge in [0.2, 0.25) is 0 Å². The highest BCUT2D eigenvalue weighted by Gasteiger charge is 2.51. The summed E-state index contributed by atoms with van der Waals surface area (Å²) < 4.78 is 5.40. The molecule has 7 nitrogen and oxygen atoms in total. The van der Waals surface area contributed by atoms with Crippen LogP contribution >= 0.6 is 12.6 Å². The van der Waals surface area contributed by atoms with Crippen LogP contribution in [0.15, 0.2) is 0 Å². The molecule has 0 aromatic heterocycles. The maximum atomic E-state index is 13.8. The monoisotopic (exact) mass is 445 g/mol. The van der Waals surface area contributed by atoms with Gasteiger partial charge in [0.15, 0.2) is 0 Å². The molecule has 1 fully saturated rings. The van der Waals surface area contributed by atoms with Crippen molar-refractivity contribution in [2.45, 2.75) is 78.0 Å². The number of carbonyl (C=O) groups is 2. The number of cyclic esters (lactones) is 1. The van der Waals surface area contributed by atoms with Crippen molar-refractivity contribution < 1.29 is 18.8 Å². The predicted molar refractivity (Wildman–Crippen MR) is 125 cm³/mol. The van der Waals surface area contributed by atoms with E-state index in [9.17, 15) is 9.59 Å². The van der Waals surface area contributed by atoms with Gasteiger partial charge in [0.05, 0.1) is 19.7 Å². The van der Waals surface area contributed by atoms with Gasteiger partial charge in [-0.1, -0.05) is 40.5 Å². The summed E-state index contributed by atoms with van der Waals surface area (Å²) in [6, 6.07) is -0.701. The van der Waals surface area contributed by atoms with Crippen LogP contribution in [0.5, 0.6) is 0 Å². The van der Waals surface area contributed by atoms with Crippen LogP contribution < -0.4 is 16.8 Å². The Morgan fingerprint density at radius 2 is 1.87 bits per heavy atom. The van der Waals surface area contributed by atoms with Crippen molar-refractivity contribution in [1.82, 2.24) is 5.32 Å². The number of quaternary nitrogens is 1. The van der Waals surface area contributed by atoms with Crippen molar-refractivity contribution in [3.63, 3.8) is 0 Å². The zero-order valence-electron chi connectivity index (χ0n) is 19.8. The number of thiol groups is 1. The van der Waals surface area contributed by atoms with Gasteiger partial charge in [-0.05, 0) is 18.8 Å². The van der Waals surface area contributed by atoms with Crippen LogP contribution in [0.4, 0.5) is 0 Å². The Morgan fingerprint density at radius 3 is 2.40 bits per heavy atom. The summed E-state index contributed by atoms with van der Waals surface area (Å²) in [6.45, 7) is 11.8. The highest BCUT2D eigenvalue weighted by atomic mass is 32.1. The molecule has 1 heterocycles. The Balaban J connectivity index is 3.28. The topological polar surface area (TPSA) is 107 Å². The minimum absolute atomic E-state index is 0.00416. The summed E-state index contributed by atoms with van der Waals surface area (Å²) in [5.74, 6) is 0.432. The van der Waals surface area contributed by atoms with Crippen LogP contribution in [0.3, 0.4) is 0 Å². The molecule has 0 bridgehead atoms. The number of nitrogens with zero attached hydrogens (tertiary/aromatic N) is 1. The molecule has 1 saturated heterocycles. The molecule has 0 saturated carbocycles. The molecular weight excluding hydrogens is 400 g/mol. The smallest absolute Gasteiger partial charge is 0.330 e. The van der Waals surface area contributed by atoms with E-state index in [1.54, 1.807) is 0 Å². The first-order valence-electron chi connectivity index (χ1n) is 11.4. The fourth-order valence-electron chi connectivity index (χ4n) is 4.33. The van der Waals surface area contributed by atoms with Crippen molar-refractivity contribution >= 4 is 24.5 Å². The van der Waals surface area contributed by atoms with Gasteiger partial charge >= 0.3 is 11.9 Å². The minimum atomic E-state index is -0.567. The molecule has 0 radical (unpaired) electrons. The molecule has 0 aliphatic carbocycles. The van der Waals surface area contributed by atoms with Crippen molar-refractivity contribution in [3.8, 4) is 0 Å². The first-order valence-corrected chi connectivity index (χ1v) is 12.1. The number of nitrogens with one attached hydrogen (secondary N) is 1. The van der Waals surface area contributed by atoms with E-state index >= 15 is 0 Å². The molecule has 8 atom stereocenters. The fraction of sp³-hybridized carbons (Fsp3) is 0.909. The first kappa shape index (κ1) is 27.4. The number of carbonyl (C=O) groups excluding carboxylic acids is 2. The predicted octanol–water partition coefficient (Wildman–Crippen LogP) is 1.55. The van der Waals surface area contributed by atoms with E-state index in [0.29, 0.717) is 37.8 Å². The Hall–Kier alpha value is -0.670. The third kappa shape index (κ3) is 6.66. The van der Waals surface area contributed by atoms with Gasteiger partial charge in [0, 0.05) is 24.8 Å². The number of rotatable bonds is 12. The van der Waals surface area contributed by atoms with Crippen molar-refractivity contribution in [3.05, 3.63) is 0 Å². The zero-order valence-corrected chi connectivity index (χ0v) is 20.7. The second-order valence-corrected chi connectivity index (χ2v) is 9.72. The SMILES string of the molecule is CC[C@H](C)[C@H](N)C(=O)[N+](C)(C[C@@H](NC[C@@H](N)CS)[C@@H](C)CC)C1CCOC(=O)[C@H]1C. The number of hydrogen-bond acceptors (Lipinski definition) is 7. The van der Waals surface area contributed by atoms with Crippen molar-refractivity contribution in [2.24, 2.45) is 29.2 Å². The molecule has 1 rings (SSSR count). The summed E-state index contributed by atoms with van der Waals surface area (Å²) >= 11 is 4.29. The minimum Gasteiger partial charge on any atom is -0.465 e. The van der Waals surface area contributed by atoms with Gasteiger partial charge in [-0.3, -0.25) is 9.28 Å². The second kappa shape index (κ2) is 12.4. The molecule has 0 aromatic rings. The standard InChI is InChI=1S/C22H44N4O3S/c1-7-14(3)18(25-11-17(23)13-30)12-26(6,21(27)20(24)15(4)8-2)19-9-10-29-22(28)16(19)5/h14-20,25H,7-13,23-24H2,1-6H3/p+1/t14-,15-,16-,17+,18+,19?,20-,26?/m0/s1. The molecular formula is C22H45N4O3S+. The summed E-state index contributed by atoms with van der Waals surface area (Å²) in [6.07, 6.45) is 2.46. The van der Waals surface area contributed by atoms with E-state index in [1.807, 2.05) is 27.8 Å². The van der Waals surface area contributed by atoms with Gasteiger partial charge in [-0.25, -0.2) is 4.79 Å². The highest BCUT2D eigenvalue weighted by Crippen LogP contribution is 2.30. The van der Waals surface area contributed by atoms with Gasteiger partial charge in [0.25, 0.3) is 0 Å². The number of ether oxygens (including phenoxy) is 1. The number of hydrogen-bond donors (Lipinski definition) is 4. The summed E-state index contributed by atoms with van der Waals surface area (Å²) in [7, 11) is 1.96. The lowest BCUT2D eigenvalue weighted by Gasteiger charge is -2.46. The second-order valence-electron chi connectivity index (χ2n) is 9.36. The number of amides is 1. The average Bonchev–Trinajstić information content (AvgIpc) is 2.75. The molecule has 2 unspecified atom stereocenters. The van der Waals surface area contributed by atoms with E-state index in [1.165, 1.54) is 0 Å². The van der Waals surface area contributed by atoms with Gasteiger partial charge < -0.3 is 21.5 Å². The third-order valence-electron chi connectivity index (χ3n) is 7.17. The van der Waals surface area contributed by atoms with Crippen LogP contribution in [0, 0.1) is 17.8 Å². The molecule has 1 amide bonds. The van der Waals surface area contributed by atoms with Gasteiger partial charge in [-0.2, -0.15) is 12.6 Å². The maximum Gasteiger partial charge on any atom is 0.330 e. The third-order valence-corrected chi connectivity index (χ3v) is 7.64. The maximum absolute atomic E-state index is 13.8. The van der Waals surface area contributed by atoms with E-state index in [0.717, 1.165) is 12.8 Å². The lowest BCUT2D eigenvalue weighted by atomic mass is 9.88. The van der Waals surface area contributed by atoms with E-state index in [4.69, 9.17) is 16.2 Å². The molecule has 0 aromatic carbocycles. The molecule has 1 aliphatic rings. The fourth-order valence-corrected chi connectivity index (χ4v) is 4.46. The average molecular weight is 446 g/mol. The van der Waals surface area contributed by atoms with Gasteiger partial charge in [0.1, 0.15) is 24.5 Å². The van der Waals surface area contributed by atoms with Crippen molar-refractivity contribution in [2.75, 3.05) is 32.5 Å². The first-order chi connectivity index (χ1) is 14.0. The Kier molecular flexibility index (Phi) is 11.3.